The van der Waals surface area contributed by atoms with Crippen molar-refractivity contribution in [3.8, 4) is 0 Å². The molecule has 0 saturated carbocycles. The fraction of sp³-hybridized carbons (Fsp3) is 0.235. The SMILES string of the molecule is CC1=C(C2=CCC(Cc3ccc(C(c4ccccc4)C(C)C)cc3)=C2)C=CC1c1ccccc1. The van der Waals surface area contributed by atoms with Crippen LogP contribution in [0.2, 0.25) is 0 Å². The summed E-state index contributed by atoms with van der Waals surface area (Å²) in [5.74, 6) is 1.41. The maximum Gasteiger partial charge on any atom is 0.0238 e. The van der Waals surface area contributed by atoms with E-state index in [1.165, 1.54) is 44.5 Å². The summed E-state index contributed by atoms with van der Waals surface area (Å²) in [4.78, 5) is 0. The van der Waals surface area contributed by atoms with E-state index < -0.39 is 0 Å². The number of benzene rings is 3. The summed E-state index contributed by atoms with van der Waals surface area (Å²) in [7, 11) is 0. The highest BCUT2D eigenvalue weighted by Gasteiger charge is 2.22. The van der Waals surface area contributed by atoms with Crippen molar-refractivity contribution in [2.75, 3.05) is 0 Å². The van der Waals surface area contributed by atoms with Crippen LogP contribution < -0.4 is 0 Å². The van der Waals surface area contributed by atoms with E-state index in [0.717, 1.165) is 12.8 Å². The highest BCUT2D eigenvalue weighted by atomic mass is 14.3. The first-order valence-corrected chi connectivity index (χ1v) is 12.6. The van der Waals surface area contributed by atoms with Gasteiger partial charge in [0.15, 0.2) is 0 Å². The zero-order valence-electron chi connectivity index (χ0n) is 20.5. The molecule has 0 amide bonds. The van der Waals surface area contributed by atoms with Crippen LogP contribution in [0.15, 0.2) is 132 Å². The van der Waals surface area contributed by atoms with Crippen LogP contribution in [0.5, 0.6) is 0 Å². The lowest BCUT2D eigenvalue weighted by atomic mass is 9.82. The Morgan fingerprint density at radius 1 is 0.794 bits per heavy atom. The molecule has 0 aliphatic heterocycles. The quantitative estimate of drug-likeness (QED) is 0.342. The summed E-state index contributed by atoms with van der Waals surface area (Å²) in [5.41, 5.74) is 11.3. The van der Waals surface area contributed by atoms with Gasteiger partial charge in [-0.05, 0) is 59.1 Å². The lowest BCUT2D eigenvalue weighted by molar-refractivity contribution is 0.564. The minimum absolute atomic E-state index is 0.403. The minimum atomic E-state index is 0.403. The predicted octanol–water partition coefficient (Wildman–Crippen LogP) is 8.94. The van der Waals surface area contributed by atoms with Gasteiger partial charge in [0.25, 0.3) is 0 Å². The summed E-state index contributed by atoms with van der Waals surface area (Å²) in [5, 5.41) is 0. The first-order valence-electron chi connectivity index (χ1n) is 12.6. The van der Waals surface area contributed by atoms with Gasteiger partial charge >= 0.3 is 0 Å². The van der Waals surface area contributed by atoms with Crippen molar-refractivity contribution in [2.24, 2.45) is 5.92 Å². The Hall–Kier alpha value is -3.38. The molecule has 170 valence electrons. The largest absolute Gasteiger partial charge is 0.0726 e. The van der Waals surface area contributed by atoms with Crippen LogP contribution in [0.1, 0.15) is 61.3 Å². The first-order chi connectivity index (χ1) is 16.6. The molecule has 34 heavy (non-hydrogen) atoms. The zero-order chi connectivity index (χ0) is 23.5. The molecule has 0 nitrogen and oxygen atoms in total. The molecule has 0 radical (unpaired) electrons. The molecule has 2 unspecified atom stereocenters. The Kier molecular flexibility index (Phi) is 6.50. The molecular weight excluding hydrogens is 408 g/mol. The second-order valence-corrected chi connectivity index (χ2v) is 10.1. The molecule has 2 aliphatic rings. The summed E-state index contributed by atoms with van der Waals surface area (Å²) < 4.78 is 0. The van der Waals surface area contributed by atoms with Crippen molar-refractivity contribution < 1.29 is 0 Å². The Labute approximate surface area is 205 Å². The molecule has 3 aromatic rings. The molecule has 0 spiro atoms. The Morgan fingerprint density at radius 2 is 1.44 bits per heavy atom. The molecule has 5 rings (SSSR count). The fourth-order valence-corrected chi connectivity index (χ4v) is 5.60. The highest BCUT2D eigenvalue weighted by molar-refractivity contribution is 5.59. The average molecular weight is 443 g/mol. The predicted molar refractivity (Wildman–Crippen MR) is 145 cm³/mol. The van der Waals surface area contributed by atoms with Crippen LogP contribution in [0, 0.1) is 5.92 Å². The van der Waals surface area contributed by atoms with Crippen molar-refractivity contribution in [2.45, 2.75) is 45.4 Å². The van der Waals surface area contributed by atoms with E-state index in [0.29, 0.717) is 17.8 Å². The monoisotopic (exact) mass is 442 g/mol. The fourth-order valence-electron chi connectivity index (χ4n) is 5.60. The maximum atomic E-state index is 2.42. The van der Waals surface area contributed by atoms with Gasteiger partial charge in [-0.1, -0.05) is 134 Å². The first kappa shape index (κ1) is 22.4. The second kappa shape index (κ2) is 9.85. The highest BCUT2D eigenvalue weighted by Crippen LogP contribution is 2.39. The smallest absolute Gasteiger partial charge is 0.0238 e. The molecule has 0 bridgehead atoms. The van der Waals surface area contributed by atoms with Crippen LogP contribution in [-0.2, 0) is 6.42 Å². The van der Waals surface area contributed by atoms with E-state index in [4.69, 9.17) is 0 Å². The molecule has 0 heteroatoms. The van der Waals surface area contributed by atoms with E-state index in [1.807, 2.05) is 0 Å². The van der Waals surface area contributed by atoms with Crippen molar-refractivity contribution in [1.82, 2.24) is 0 Å². The van der Waals surface area contributed by atoms with Crippen molar-refractivity contribution in [3.05, 3.63) is 154 Å². The van der Waals surface area contributed by atoms with Crippen LogP contribution in [0.3, 0.4) is 0 Å². The van der Waals surface area contributed by atoms with Gasteiger partial charge in [0.2, 0.25) is 0 Å². The normalized spacial score (nSPS) is 18.4. The Balaban J connectivity index is 1.29. The second-order valence-electron chi connectivity index (χ2n) is 10.1. The van der Waals surface area contributed by atoms with E-state index in [9.17, 15) is 0 Å². The van der Waals surface area contributed by atoms with Gasteiger partial charge in [-0.15, -0.1) is 0 Å². The van der Waals surface area contributed by atoms with Crippen LogP contribution in [-0.4, -0.2) is 0 Å². The minimum Gasteiger partial charge on any atom is -0.0726 e. The topological polar surface area (TPSA) is 0 Å². The molecule has 0 fully saturated rings. The maximum absolute atomic E-state index is 2.42. The van der Waals surface area contributed by atoms with Gasteiger partial charge in [-0.3, -0.25) is 0 Å². The van der Waals surface area contributed by atoms with Gasteiger partial charge in [-0.2, -0.15) is 0 Å². The van der Waals surface area contributed by atoms with Crippen LogP contribution in [0.25, 0.3) is 0 Å². The van der Waals surface area contributed by atoms with Gasteiger partial charge in [0, 0.05) is 11.8 Å². The average Bonchev–Trinajstić information content (AvgIpc) is 3.47. The number of hydrogen-bond donors (Lipinski definition) is 0. The molecular formula is C34H34. The lowest BCUT2D eigenvalue weighted by Crippen LogP contribution is -2.08. The standard InChI is InChI=1S/C34H34/c1-24(2)34(29-12-8-5-9-13-29)30-17-14-26(15-18-30)22-27-16-19-31(23-27)33-21-20-32(25(33)3)28-10-6-4-7-11-28/h4-15,17-21,23-24,32,34H,16,22H2,1-3H3. The van der Waals surface area contributed by atoms with Crippen molar-refractivity contribution >= 4 is 0 Å². The Bertz CT molecular complexity index is 1250. The Morgan fingerprint density at radius 3 is 2.12 bits per heavy atom. The summed E-state index contributed by atoms with van der Waals surface area (Å²) in [6.07, 6.45) is 11.6. The molecule has 0 saturated heterocycles. The summed E-state index contributed by atoms with van der Waals surface area (Å²) in [6.45, 7) is 6.92. The van der Waals surface area contributed by atoms with Crippen LogP contribution in [0.4, 0.5) is 0 Å². The van der Waals surface area contributed by atoms with Gasteiger partial charge in [0.05, 0.1) is 0 Å². The number of hydrogen-bond acceptors (Lipinski definition) is 0. The third-order valence-corrected chi connectivity index (χ3v) is 7.36. The third kappa shape index (κ3) is 4.64. The van der Waals surface area contributed by atoms with E-state index in [-0.39, 0.29) is 0 Å². The summed E-state index contributed by atoms with van der Waals surface area (Å²) in [6, 6.07) is 31.1. The molecule has 2 aliphatic carbocycles. The van der Waals surface area contributed by atoms with Gasteiger partial charge in [0.1, 0.15) is 0 Å². The molecule has 0 aromatic heterocycles. The molecule has 3 aromatic carbocycles. The van der Waals surface area contributed by atoms with Crippen LogP contribution >= 0.6 is 0 Å². The number of rotatable bonds is 7. The zero-order valence-corrected chi connectivity index (χ0v) is 20.5. The van der Waals surface area contributed by atoms with E-state index >= 15 is 0 Å². The van der Waals surface area contributed by atoms with Crippen molar-refractivity contribution in [3.63, 3.8) is 0 Å². The van der Waals surface area contributed by atoms with Gasteiger partial charge < -0.3 is 0 Å². The third-order valence-electron chi connectivity index (χ3n) is 7.36. The number of allylic oxidation sites excluding steroid dienone is 8. The lowest BCUT2D eigenvalue weighted by Gasteiger charge is -2.22. The molecule has 0 heterocycles. The molecule has 2 atom stereocenters. The van der Waals surface area contributed by atoms with Crippen molar-refractivity contribution in [1.29, 1.82) is 0 Å². The van der Waals surface area contributed by atoms with E-state index in [1.54, 1.807) is 0 Å². The van der Waals surface area contributed by atoms with E-state index in [2.05, 4.69) is 130 Å². The summed E-state index contributed by atoms with van der Waals surface area (Å²) >= 11 is 0. The molecule has 0 N–H and O–H groups in total. The van der Waals surface area contributed by atoms with Gasteiger partial charge in [-0.25, -0.2) is 0 Å².